The molecule has 3 nitrogen and oxygen atoms in total. The van der Waals surface area contributed by atoms with E-state index in [1.54, 1.807) is 0 Å². The Morgan fingerprint density at radius 2 is 2.00 bits per heavy atom. The third-order valence-electron chi connectivity index (χ3n) is 3.45. The molecular formula is C17H28BrNO2. The SMILES string of the molecule is CCCNC(C)c1cc(Br)ccc1OCCCCCCO. The molecule has 2 N–H and O–H groups in total. The van der Waals surface area contributed by atoms with Gasteiger partial charge in [0.15, 0.2) is 0 Å². The Bertz CT molecular complexity index is 398. The van der Waals surface area contributed by atoms with Crippen molar-refractivity contribution < 1.29 is 9.84 Å². The zero-order valence-corrected chi connectivity index (χ0v) is 14.8. The van der Waals surface area contributed by atoms with Gasteiger partial charge in [0.05, 0.1) is 6.61 Å². The summed E-state index contributed by atoms with van der Waals surface area (Å²) in [6, 6.07) is 6.48. The van der Waals surface area contributed by atoms with Crippen molar-refractivity contribution in [1.29, 1.82) is 0 Å². The molecule has 0 bridgehead atoms. The molecule has 0 saturated carbocycles. The molecule has 1 unspecified atom stereocenters. The summed E-state index contributed by atoms with van der Waals surface area (Å²) in [4.78, 5) is 0. The van der Waals surface area contributed by atoms with Crippen LogP contribution in [0.1, 0.15) is 57.6 Å². The number of hydrogen-bond acceptors (Lipinski definition) is 3. The molecule has 0 spiro atoms. The third-order valence-corrected chi connectivity index (χ3v) is 3.94. The average molecular weight is 358 g/mol. The van der Waals surface area contributed by atoms with Crippen LogP contribution in [0.5, 0.6) is 5.75 Å². The minimum absolute atomic E-state index is 0.284. The Hall–Kier alpha value is -0.580. The Kier molecular flexibility index (Phi) is 9.72. The smallest absolute Gasteiger partial charge is 0.124 e. The van der Waals surface area contributed by atoms with Gasteiger partial charge < -0.3 is 15.2 Å². The molecule has 0 saturated heterocycles. The first-order valence-electron chi connectivity index (χ1n) is 7.95. The molecule has 0 aliphatic rings. The van der Waals surface area contributed by atoms with Crippen LogP contribution in [0.25, 0.3) is 0 Å². The van der Waals surface area contributed by atoms with Crippen LogP contribution in [0, 0.1) is 0 Å². The first kappa shape index (κ1) is 18.5. The van der Waals surface area contributed by atoms with E-state index in [1.165, 1.54) is 5.56 Å². The number of halogens is 1. The molecule has 0 aliphatic carbocycles. The van der Waals surface area contributed by atoms with Gasteiger partial charge in [-0.1, -0.05) is 29.3 Å². The zero-order chi connectivity index (χ0) is 15.5. The van der Waals surface area contributed by atoms with Gasteiger partial charge in [0, 0.05) is 22.7 Å². The monoisotopic (exact) mass is 357 g/mol. The fourth-order valence-electron chi connectivity index (χ4n) is 2.21. The molecule has 4 heteroatoms. The topological polar surface area (TPSA) is 41.5 Å². The summed E-state index contributed by atoms with van der Waals surface area (Å²) in [5.74, 6) is 0.969. The highest BCUT2D eigenvalue weighted by Gasteiger charge is 2.11. The first-order chi connectivity index (χ1) is 10.2. The molecule has 1 aromatic rings. The van der Waals surface area contributed by atoms with Crippen LogP contribution in [0.2, 0.25) is 0 Å². The van der Waals surface area contributed by atoms with E-state index in [0.29, 0.717) is 6.61 Å². The van der Waals surface area contributed by atoms with Gasteiger partial charge in [0.1, 0.15) is 5.75 Å². The second-order valence-corrected chi connectivity index (χ2v) is 6.26. The predicted molar refractivity (Wildman–Crippen MR) is 91.9 cm³/mol. The molecule has 0 aliphatic heterocycles. The first-order valence-corrected chi connectivity index (χ1v) is 8.74. The maximum absolute atomic E-state index is 8.75. The summed E-state index contributed by atoms with van der Waals surface area (Å²) in [5, 5.41) is 12.3. The van der Waals surface area contributed by atoms with Gasteiger partial charge in [-0.3, -0.25) is 0 Å². The van der Waals surface area contributed by atoms with E-state index in [4.69, 9.17) is 9.84 Å². The van der Waals surface area contributed by atoms with Crippen molar-refractivity contribution in [2.24, 2.45) is 0 Å². The van der Waals surface area contributed by atoms with Crippen molar-refractivity contribution in [3.05, 3.63) is 28.2 Å². The number of nitrogens with one attached hydrogen (secondary N) is 1. The summed E-state index contributed by atoms with van der Waals surface area (Å²) in [6.07, 6.45) is 5.23. The third kappa shape index (κ3) is 7.30. The van der Waals surface area contributed by atoms with Crippen molar-refractivity contribution >= 4 is 15.9 Å². The fourth-order valence-corrected chi connectivity index (χ4v) is 2.59. The van der Waals surface area contributed by atoms with Gasteiger partial charge >= 0.3 is 0 Å². The quantitative estimate of drug-likeness (QED) is 0.575. The predicted octanol–water partition coefficient (Wildman–Crippen LogP) is 4.44. The maximum Gasteiger partial charge on any atom is 0.124 e. The number of ether oxygens (including phenoxy) is 1. The average Bonchev–Trinajstić information content (AvgIpc) is 2.49. The van der Waals surface area contributed by atoms with E-state index in [-0.39, 0.29) is 6.04 Å². The van der Waals surface area contributed by atoms with Crippen molar-refractivity contribution in [2.75, 3.05) is 19.8 Å². The van der Waals surface area contributed by atoms with Crippen molar-refractivity contribution in [3.63, 3.8) is 0 Å². The van der Waals surface area contributed by atoms with Crippen LogP contribution in [-0.4, -0.2) is 24.9 Å². The van der Waals surface area contributed by atoms with Gasteiger partial charge in [-0.15, -0.1) is 0 Å². The highest BCUT2D eigenvalue weighted by Crippen LogP contribution is 2.28. The minimum Gasteiger partial charge on any atom is -0.493 e. The summed E-state index contributed by atoms with van der Waals surface area (Å²) in [6.45, 7) is 6.38. The lowest BCUT2D eigenvalue weighted by Crippen LogP contribution is -2.20. The number of aliphatic hydroxyl groups excluding tert-OH is 1. The maximum atomic E-state index is 8.75. The second kappa shape index (κ2) is 11.0. The molecule has 0 fully saturated rings. The van der Waals surface area contributed by atoms with Crippen molar-refractivity contribution in [3.8, 4) is 5.75 Å². The van der Waals surface area contributed by atoms with Crippen LogP contribution in [0.3, 0.4) is 0 Å². The molecular weight excluding hydrogens is 330 g/mol. The Labute approximate surface area is 137 Å². The molecule has 21 heavy (non-hydrogen) atoms. The van der Waals surface area contributed by atoms with Gasteiger partial charge in [-0.25, -0.2) is 0 Å². The summed E-state index contributed by atoms with van der Waals surface area (Å²) in [7, 11) is 0. The van der Waals surface area contributed by atoms with Crippen LogP contribution >= 0.6 is 15.9 Å². The van der Waals surface area contributed by atoms with Crippen molar-refractivity contribution in [1.82, 2.24) is 5.32 Å². The van der Waals surface area contributed by atoms with E-state index in [0.717, 1.165) is 55.5 Å². The normalized spacial score (nSPS) is 12.4. The van der Waals surface area contributed by atoms with Crippen LogP contribution in [0.4, 0.5) is 0 Å². The van der Waals surface area contributed by atoms with Crippen LogP contribution in [0.15, 0.2) is 22.7 Å². The largest absolute Gasteiger partial charge is 0.493 e. The molecule has 120 valence electrons. The number of unbranched alkanes of at least 4 members (excludes halogenated alkanes) is 3. The summed E-state index contributed by atoms with van der Waals surface area (Å²) >= 11 is 3.54. The molecule has 0 heterocycles. The van der Waals surface area contributed by atoms with Crippen molar-refractivity contribution in [2.45, 2.75) is 52.0 Å². The molecule has 0 aromatic heterocycles. The van der Waals surface area contributed by atoms with Gasteiger partial charge in [0.2, 0.25) is 0 Å². The summed E-state index contributed by atoms with van der Waals surface area (Å²) in [5.41, 5.74) is 1.20. The Morgan fingerprint density at radius 1 is 1.24 bits per heavy atom. The second-order valence-electron chi connectivity index (χ2n) is 5.34. The number of hydrogen-bond donors (Lipinski definition) is 2. The zero-order valence-electron chi connectivity index (χ0n) is 13.2. The van der Waals surface area contributed by atoms with Gasteiger partial charge in [-0.05, 0) is 57.4 Å². The number of aliphatic hydroxyl groups is 1. The van der Waals surface area contributed by atoms with E-state index < -0.39 is 0 Å². The Morgan fingerprint density at radius 3 is 2.71 bits per heavy atom. The molecule has 0 amide bonds. The fraction of sp³-hybridized carbons (Fsp3) is 0.647. The Balaban J connectivity index is 2.52. The summed E-state index contributed by atoms with van der Waals surface area (Å²) < 4.78 is 7.03. The molecule has 1 atom stereocenters. The minimum atomic E-state index is 0.284. The number of rotatable bonds is 11. The van der Waals surface area contributed by atoms with E-state index in [1.807, 2.05) is 12.1 Å². The van der Waals surface area contributed by atoms with Crippen LogP contribution < -0.4 is 10.1 Å². The molecule has 1 rings (SSSR count). The lowest BCUT2D eigenvalue weighted by molar-refractivity contribution is 0.272. The number of benzene rings is 1. The van der Waals surface area contributed by atoms with E-state index in [9.17, 15) is 0 Å². The highest BCUT2D eigenvalue weighted by atomic mass is 79.9. The standard InChI is InChI=1S/C17H28BrNO2/c1-3-10-19-14(2)16-13-15(18)8-9-17(16)21-12-7-5-4-6-11-20/h8-9,13-14,19-20H,3-7,10-12H2,1-2H3. The van der Waals surface area contributed by atoms with Gasteiger partial charge in [-0.2, -0.15) is 0 Å². The molecule has 0 radical (unpaired) electrons. The van der Waals surface area contributed by atoms with E-state index in [2.05, 4.69) is 41.2 Å². The lowest BCUT2D eigenvalue weighted by atomic mass is 10.1. The lowest BCUT2D eigenvalue weighted by Gasteiger charge is -2.18. The molecule has 1 aromatic carbocycles. The van der Waals surface area contributed by atoms with Crippen LogP contribution in [-0.2, 0) is 0 Å². The highest BCUT2D eigenvalue weighted by molar-refractivity contribution is 9.10. The van der Waals surface area contributed by atoms with Gasteiger partial charge in [0.25, 0.3) is 0 Å². The van der Waals surface area contributed by atoms with E-state index >= 15 is 0 Å².